The van der Waals surface area contributed by atoms with E-state index in [1.54, 1.807) is 4.68 Å². The van der Waals surface area contributed by atoms with Gasteiger partial charge in [-0.1, -0.05) is 28.1 Å². The Kier molecular flexibility index (Phi) is 3.57. The van der Waals surface area contributed by atoms with Crippen LogP contribution in [0.5, 0.6) is 0 Å². The molecule has 6 heteroatoms. The number of aryl methyl sites for hydroxylation is 1. The van der Waals surface area contributed by atoms with Gasteiger partial charge in [-0.25, -0.2) is 0 Å². The highest BCUT2D eigenvalue weighted by Crippen LogP contribution is 2.33. The zero-order valence-corrected chi connectivity index (χ0v) is 15.1. The average Bonchev–Trinajstić information content (AvgIpc) is 2.89. The first-order valence-corrected chi connectivity index (χ1v) is 8.60. The molecule has 5 nitrogen and oxygen atoms in total. The van der Waals surface area contributed by atoms with E-state index in [2.05, 4.69) is 33.0 Å². The van der Waals surface area contributed by atoms with Crippen molar-refractivity contribution < 1.29 is 4.79 Å². The third-order valence-electron chi connectivity index (χ3n) is 4.49. The molecule has 0 saturated heterocycles. The minimum Gasteiger partial charge on any atom is -0.371 e. The first kappa shape index (κ1) is 15.2. The van der Waals surface area contributed by atoms with Gasteiger partial charge in [0.1, 0.15) is 5.69 Å². The Bertz CT molecular complexity index is 949. The third-order valence-corrected chi connectivity index (χ3v) is 4.98. The van der Waals surface area contributed by atoms with Crippen LogP contribution in [-0.4, -0.2) is 35.8 Å². The van der Waals surface area contributed by atoms with Gasteiger partial charge < -0.3 is 9.80 Å². The number of fused-ring (bicyclic) bond motifs is 2. The average molecular weight is 385 g/mol. The van der Waals surface area contributed by atoms with Gasteiger partial charge in [0.05, 0.1) is 16.9 Å². The lowest BCUT2D eigenvalue weighted by Gasteiger charge is -2.35. The molecule has 1 aromatic heterocycles. The number of amides is 1. The van der Waals surface area contributed by atoms with Gasteiger partial charge in [-0.05, 0) is 30.3 Å². The number of benzene rings is 2. The fourth-order valence-corrected chi connectivity index (χ4v) is 3.62. The van der Waals surface area contributed by atoms with Crippen molar-refractivity contribution in [3.8, 4) is 0 Å². The van der Waals surface area contributed by atoms with Gasteiger partial charge >= 0.3 is 0 Å². The number of likely N-dealkylation sites (N-methyl/N-ethyl adjacent to an activating group) is 1. The SMILES string of the molecule is CN1CCN(C(=O)c2c3ccc(Br)cc3nn2C)c2ccccc21. The second kappa shape index (κ2) is 5.63. The van der Waals surface area contributed by atoms with Crippen LogP contribution in [0.2, 0.25) is 0 Å². The number of para-hydroxylation sites is 2. The van der Waals surface area contributed by atoms with Crippen LogP contribution < -0.4 is 9.80 Å². The van der Waals surface area contributed by atoms with Crippen molar-refractivity contribution in [3.05, 3.63) is 52.6 Å². The molecular formula is C18H17BrN4O. The van der Waals surface area contributed by atoms with E-state index in [9.17, 15) is 4.79 Å². The molecule has 0 saturated carbocycles. The van der Waals surface area contributed by atoms with Gasteiger partial charge in [0.15, 0.2) is 0 Å². The molecule has 2 heterocycles. The Morgan fingerprint density at radius 1 is 1.08 bits per heavy atom. The maximum Gasteiger partial charge on any atom is 0.277 e. The van der Waals surface area contributed by atoms with Crippen molar-refractivity contribution in [1.29, 1.82) is 0 Å². The van der Waals surface area contributed by atoms with E-state index in [4.69, 9.17) is 0 Å². The van der Waals surface area contributed by atoms with E-state index in [1.807, 2.05) is 54.4 Å². The van der Waals surface area contributed by atoms with Gasteiger partial charge in [-0.15, -0.1) is 0 Å². The highest BCUT2D eigenvalue weighted by Gasteiger charge is 2.28. The van der Waals surface area contributed by atoms with E-state index in [0.717, 1.165) is 33.3 Å². The third kappa shape index (κ3) is 2.29. The molecule has 3 aromatic rings. The normalized spacial score (nSPS) is 14.1. The summed E-state index contributed by atoms with van der Waals surface area (Å²) < 4.78 is 2.64. The van der Waals surface area contributed by atoms with Gasteiger partial charge in [0.25, 0.3) is 5.91 Å². The molecule has 122 valence electrons. The molecule has 0 N–H and O–H groups in total. The lowest BCUT2D eigenvalue weighted by Crippen LogP contribution is -2.43. The van der Waals surface area contributed by atoms with Gasteiger partial charge in [0, 0.05) is 37.0 Å². The minimum atomic E-state index is -0.0112. The maximum absolute atomic E-state index is 13.3. The molecule has 24 heavy (non-hydrogen) atoms. The zero-order chi connectivity index (χ0) is 16.8. The predicted octanol–water partition coefficient (Wildman–Crippen LogP) is 3.43. The molecule has 0 radical (unpaired) electrons. The number of hydrogen-bond donors (Lipinski definition) is 0. The van der Waals surface area contributed by atoms with Crippen molar-refractivity contribution in [2.24, 2.45) is 7.05 Å². The molecule has 0 fully saturated rings. The van der Waals surface area contributed by atoms with Gasteiger partial charge in [-0.2, -0.15) is 5.10 Å². The molecule has 0 unspecified atom stereocenters. The summed E-state index contributed by atoms with van der Waals surface area (Å²) >= 11 is 3.46. The van der Waals surface area contributed by atoms with E-state index in [1.165, 1.54) is 0 Å². The molecule has 0 aliphatic carbocycles. The Hall–Kier alpha value is -2.34. The van der Waals surface area contributed by atoms with Crippen molar-refractivity contribution in [2.45, 2.75) is 0 Å². The summed E-state index contributed by atoms with van der Waals surface area (Å²) in [6.45, 7) is 1.47. The Balaban J connectivity index is 1.83. The van der Waals surface area contributed by atoms with E-state index >= 15 is 0 Å². The Morgan fingerprint density at radius 3 is 2.62 bits per heavy atom. The zero-order valence-electron chi connectivity index (χ0n) is 13.5. The van der Waals surface area contributed by atoms with E-state index in [-0.39, 0.29) is 5.91 Å². The highest BCUT2D eigenvalue weighted by molar-refractivity contribution is 9.10. The predicted molar refractivity (Wildman–Crippen MR) is 99.8 cm³/mol. The number of carbonyl (C=O) groups is 1. The smallest absolute Gasteiger partial charge is 0.277 e. The van der Waals surface area contributed by atoms with Crippen LogP contribution in [0.4, 0.5) is 11.4 Å². The summed E-state index contributed by atoms with van der Waals surface area (Å²) in [5, 5.41) is 5.37. The van der Waals surface area contributed by atoms with Crippen molar-refractivity contribution in [2.75, 3.05) is 29.9 Å². The lowest BCUT2D eigenvalue weighted by molar-refractivity contribution is 0.0979. The quantitative estimate of drug-likeness (QED) is 0.645. The molecule has 0 bridgehead atoms. The Morgan fingerprint density at radius 2 is 1.83 bits per heavy atom. The number of anilines is 2. The van der Waals surface area contributed by atoms with Crippen molar-refractivity contribution in [1.82, 2.24) is 9.78 Å². The van der Waals surface area contributed by atoms with Crippen LogP contribution in [0.1, 0.15) is 10.5 Å². The molecule has 1 amide bonds. The summed E-state index contributed by atoms with van der Waals surface area (Å²) in [6, 6.07) is 13.8. The van der Waals surface area contributed by atoms with Crippen LogP contribution in [0, 0.1) is 0 Å². The molecular weight excluding hydrogens is 368 g/mol. The summed E-state index contributed by atoms with van der Waals surface area (Å²) in [6.07, 6.45) is 0. The number of nitrogens with zero attached hydrogens (tertiary/aromatic N) is 4. The fraction of sp³-hybridized carbons (Fsp3) is 0.222. The largest absolute Gasteiger partial charge is 0.371 e. The standard InChI is InChI=1S/C18H17BrN4O/c1-21-9-10-23(16-6-4-3-5-15(16)21)18(24)17-13-8-7-12(19)11-14(13)20-22(17)2/h3-8,11H,9-10H2,1-2H3. The summed E-state index contributed by atoms with van der Waals surface area (Å²) in [4.78, 5) is 17.3. The molecule has 1 aliphatic rings. The maximum atomic E-state index is 13.3. The van der Waals surface area contributed by atoms with Crippen LogP contribution in [0.3, 0.4) is 0 Å². The van der Waals surface area contributed by atoms with Crippen molar-refractivity contribution in [3.63, 3.8) is 0 Å². The molecule has 0 spiro atoms. The fourth-order valence-electron chi connectivity index (χ4n) is 3.27. The molecule has 0 atom stereocenters. The highest BCUT2D eigenvalue weighted by atomic mass is 79.9. The summed E-state index contributed by atoms with van der Waals surface area (Å²) in [7, 11) is 3.88. The molecule has 1 aliphatic heterocycles. The summed E-state index contributed by atoms with van der Waals surface area (Å²) in [5.41, 5.74) is 3.46. The first-order chi connectivity index (χ1) is 11.6. The van der Waals surface area contributed by atoms with Gasteiger partial charge in [-0.3, -0.25) is 9.48 Å². The molecule has 4 rings (SSSR count). The van der Waals surface area contributed by atoms with Crippen LogP contribution in [-0.2, 0) is 7.05 Å². The van der Waals surface area contributed by atoms with Gasteiger partial charge in [0.2, 0.25) is 0 Å². The molecule has 2 aromatic carbocycles. The first-order valence-electron chi connectivity index (χ1n) is 7.80. The summed E-state index contributed by atoms with van der Waals surface area (Å²) in [5.74, 6) is -0.0112. The second-order valence-corrected chi connectivity index (χ2v) is 6.92. The number of hydrogen-bond acceptors (Lipinski definition) is 3. The van der Waals surface area contributed by atoms with Crippen LogP contribution in [0.15, 0.2) is 46.9 Å². The van der Waals surface area contributed by atoms with Crippen molar-refractivity contribution >= 4 is 44.1 Å². The van der Waals surface area contributed by atoms with Crippen LogP contribution in [0.25, 0.3) is 10.9 Å². The topological polar surface area (TPSA) is 41.4 Å². The number of rotatable bonds is 1. The van der Waals surface area contributed by atoms with E-state index in [0.29, 0.717) is 12.2 Å². The Labute approximate surface area is 148 Å². The second-order valence-electron chi connectivity index (χ2n) is 6.00. The lowest BCUT2D eigenvalue weighted by atomic mass is 10.1. The van der Waals surface area contributed by atoms with Crippen LogP contribution >= 0.6 is 15.9 Å². The monoisotopic (exact) mass is 384 g/mol. The number of aromatic nitrogens is 2. The number of halogens is 1. The minimum absolute atomic E-state index is 0.0112. The van der Waals surface area contributed by atoms with E-state index < -0.39 is 0 Å². The number of carbonyl (C=O) groups excluding carboxylic acids is 1.